The van der Waals surface area contributed by atoms with E-state index in [0.717, 1.165) is 17.1 Å². The number of aliphatic hydroxyl groups is 1. The number of aromatic nitrogens is 3. The molecule has 0 spiro atoms. The van der Waals surface area contributed by atoms with Crippen LogP contribution in [0.15, 0.2) is 24.0 Å². The van der Waals surface area contributed by atoms with Crippen molar-refractivity contribution in [1.29, 1.82) is 0 Å². The van der Waals surface area contributed by atoms with Crippen LogP contribution in [-0.2, 0) is 16.1 Å². The van der Waals surface area contributed by atoms with Crippen molar-refractivity contribution in [1.82, 2.24) is 14.8 Å². The maximum atomic E-state index is 13.5. The van der Waals surface area contributed by atoms with E-state index in [0.29, 0.717) is 6.42 Å². The number of ether oxygens (including phenoxy) is 1. The van der Waals surface area contributed by atoms with Gasteiger partial charge in [0.2, 0.25) is 0 Å². The second-order valence-corrected chi connectivity index (χ2v) is 7.03. The molecule has 1 unspecified atom stereocenters. The quantitative estimate of drug-likeness (QED) is 0.290. The van der Waals surface area contributed by atoms with Gasteiger partial charge < -0.3 is 9.84 Å². The van der Waals surface area contributed by atoms with E-state index in [2.05, 4.69) is 14.8 Å². The van der Waals surface area contributed by atoms with Crippen molar-refractivity contribution in [3.63, 3.8) is 0 Å². The summed E-state index contributed by atoms with van der Waals surface area (Å²) in [5.41, 5.74) is -1.55. The van der Waals surface area contributed by atoms with Crippen molar-refractivity contribution in [2.75, 3.05) is 0 Å². The lowest BCUT2D eigenvalue weighted by molar-refractivity contribution is -0.123. The number of allylic oxidation sites excluding steroid dienone is 1. The van der Waals surface area contributed by atoms with Crippen LogP contribution in [0.5, 0.6) is 5.75 Å². The molecule has 7 nitrogen and oxygen atoms in total. The van der Waals surface area contributed by atoms with E-state index in [9.17, 15) is 36.6 Å². The molecule has 0 bridgehead atoms. The molecule has 12 heteroatoms. The van der Waals surface area contributed by atoms with Crippen molar-refractivity contribution >= 4 is 17.3 Å². The smallest absolute Gasteiger partial charge is 0.304 e. The number of Topliss-reactive ketones (excluding diaryl/α,β-unsaturated/α-hetero) is 2. The molecule has 32 heavy (non-hydrogen) atoms. The van der Waals surface area contributed by atoms with E-state index in [-0.39, 0.29) is 36.4 Å². The molecule has 0 saturated heterocycles. The number of rotatable bonds is 7. The highest BCUT2D eigenvalue weighted by Crippen LogP contribution is 2.31. The first-order valence-corrected chi connectivity index (χ1v) is 9.49. The van der Waals surface area contributed by atoms with Crippen LogP contribution in [0.4, 0.5) is 22.0 Å². The average Bonchev–Trinajstić information content (AvgIpc) is 3.15. The van der Waals surface area contributed by atoms with Gasteiger partial charge >= 0.3 is 6.43 Å². The van der Waals surface area contributed by atoms with E-state index in [1.807, 2.05) is 0 Å². The van der Waals surface area contributed by atoms with Crippen LogP contribution in [0, 0.1) is 6.92 Å². The molecule has 3 rings (SSSR count). The van der Waals surface area contributed by atoms with Crippen LogP contribution < -0.4 is 4.74 Å². The van der Waals surface area contributed by atoms with Gasteiger partial charge in [-0.25, -0.2) is 17.6 Å². The third kappa shape index (κ3) is 4.78. The van der Waals surface area contributed by atoms with Crippen molar-refractivity contribution in [2.24, 2.45) is 0 Å². The molecule has 1 atom stereocenters. The molecule has 2 aromatic rings. The zero-order valence-corrected chi connectivity index (χ0v) is 16.7. The van der Waals surface area contributed by atoms with E-state index >= 15 is 0 Å². The molecule has 2 heterocycles. The number of hydrogen-bond donors (Lipinski definition) is 1. The number of halogens is 5. The van der Waals surface area contributed by atoms with Crippen LogP contribution in [0.2, 0.25) is 0 Å². The van der Waals surface area contributed by atoms with E-state index < -0.39 is 53.4 Å². The topological polar surface area (TPSA) is 94.3 Å². The van der Waals surface area contributed by atoms with Gasteiger partial charge in [0, 0.05) is 30.8 Å². The average molecular weight is 459 g/mol. The number of pyridine rings is 1. The van der Waals surface area contributed by atoms with Crippen molar-refractivity contribution in [3.05, 3.63) is 46.5 Å². The standard InChI is InChI=1S/C20H18F5N3O4/c1-9-11(26-6-5-14(9)32-20(25)19(23)24)8-28-7-10(16(27-28)18(21)22)17(31)15-12(29)3-2-4-13(15)30/h5-7,18-20,31H,2-4,8H2,1H3. The predicted molar refractivity (Wildman–Crippen MR) is 100 cm³/mol. The summed E-state index contributed by atoms with van der Waals surface area (Å²) >= 11 is 0. The fraction of sp³-hybridized carbons (Fsp3) is 0.400. The highest BCUT2D eigenvalue weighted by Gasteiger charge is 2.31. The summed E-state index contributed by atoms with van der Waals surface area (Å²) in [7, 11) is 0. The molecule has 1 saturated carbocycles. The second kappa shape index (κ2) is 9.45. The molecule has 0 amide bonds. The van der Waals surface area contributed by atoms with Crippen molar-refractivity contribution in [2.45, 2.75) is 51.9 Å². The molecule has 0 radical (unpaired) electrons. The maximum Gasteiger partial charge on any atom is 0.304 e. The Morgan fingerprint density at radius 1 is 1.19 bits per heavy atom. The lowest BCUT2D eigenvalue weighted by Crippen LogP contribution is -2.20. The van der Waals surface area contributed by atoms with Crippen LogP contribution in [0.3, 0.4) is 0 Å². The van der Waals surface area contributed by atoms with Crippen LogP contribution in [0.1, 0.15) is 48.2 Å². The number of aliphatic hydroxyl groups excluding tert-OH is 1. The van der Waals surface area contributed by atoms with Gasteiger partial charge in [-0.05, 0) is 19.4 Å². The Morgan fingerprint density at radius 3 is 2.44 bits per heavy atom. The maximum absolute atomic E-state index is 13.5. The first-order chi connectivity index (χ1) is 15.1. The lowest BCUT2D eigenvalue weighted by atomic mass is 9.90. The third-order valence-electron chi connectivity index (χ3n) is 4.86. The first-order valence-electron chi connectivity index (χ1n) is 9.49. The van der Waals surface area contributed by atoms with Gasteiger partial charge in [0.1, 0.15) is 22.8 Å². The van der Waals surface area contributed by atoms with Crippen LogP contribution in [0.25, 0.3) is 5.76 Å². The van der Waals surface area contributed by atoms with E-state index in [1.54, 1.807) is 0 Å². The number of carbonyl (C=O) groups is 2. The molecule has 172 valence electrons. The summed E-state index contributed by atoms with van der Waals surface area (Å²) in [6.07, 6.45) is -6.86. The Kier molecular flexibility index (Phi) is 6.90. The lowest BCUT2D eigenvalue weighted by Gasteiger charge is -2.14. The van der Waals surface area contributed by atoms with Gasteiger partial charge in [0.05, 0.1) is 17.8 Å². The minimum atomic E-state index is -3.37. The summed E-state index contributed by atoms with van der Waals surface area (Å²) in [6, 6.07) is 1.17. The van der Waals surface area contributed by atoms with Gasteiger partial charge in [0.15, 0.2) is 11.6 Å². The molecule has 1 aliphatic rings. The molecular formula is C20H18F5N3O4. The highest BCUT2D eigenvalue weighted by molar-refractivity contribution is 6.25. The highest BCUT2D eigenvalue weighted by atomic mass is 19.3. The van der Waals surface area contributed by atoms with Crippen LogP contribution >= 0.6 is 0 Å². The Labute approximate surface area is 178 Å². The fourth-order valence-electron chi connectivity index (χ4n) is 3.25. The number of ketones is 2. The van der Waals surface area contributed by atoms with Gasteiger partial charge in [-0.2, -0.15) is 9.49 Å². The fourth-order valence-corrected chi connectivity index (χ4v) is 3.25. The summed E-state index contributed by atoms with van der Waals surface area (Å²) in [5.74, 6) is -2.38. The number of hydrogen-bond acceptors (Lipinski definition) is 6. The third-order valence-corrected chi connectivity index (χ3v) is 4.86. The number of alkyl halides is 5. The monoisotopic (exact) mass is 459 g/mol. The van der Waals surface area contributed by atoms with Crippen molar-refractivity contribution in [3.8, 4) is 5.75 Å². The Hall–Kier alpha value is -3.31. The summed E-state index contributed by atoms with van der Waals surface area (Å²) in [6.45, 7) is 1.14. The SMILES string of the molecule is Cc1c(OC(F)C(F)F)ccnc1Cn1cc(C(O)=C2C(=O)CCCC2=O)c(C(F)F)n1. The normalized spacial score (nSPS) is 15.6. The van der Waals surface area contributed by atoms with E-state index in [1.165, 1.54) is 13.0 Å². The molecule has 1 aliphatic carbocycles. The summed E-state index contributed by atoms with van der Waals surface area (Å²) < 4.78 is 70.7. The van der Waals surface area contributed by atoms with Gasteiger partial charge in [-0.15, -0.1) is 0 Å². The summed E-state index contributed by atoms with van der Waals surface area (Å²) in [4.78, 5) is 28.1. The van der Waals surface area contributed by atoms with Gasteiger partial charge in [-0.3, -0.25) is 19.3 Å². The van der Waals surface area contributed by atoms with Gasteiger partial charge in [-0.1, -0.05) is 0 Å². The van der Waals surface area contributed by atoms with Crippen molar-refractivity contribution < 1.29 is 41.4 Å². The Balaban J connectivity index is 1.96. The first kappa shape index (κ1) is 23.4. The Bertz CT molecular complexity index is 1050. The predicted octanol–water partition coefficient (Wildman–Crippen LogP) is 4.10. The zero-order valence-electron chi connectivity index (χ0n) is 16.7. The Morgan fingerprint density at radius 2 is 1.84 bits per heavy atom. The molecule has 2 aromatic heterocycles. The minimum absolute atomic E-state index is 0.00731. The van der Waals surface area contributed by atoms with Crippen LogP contribution in [-0.4, -0.2) is 44.2 Å². The number of nitrogens with zero attached hydrogens (tertiary/aromatic N) is 3. The molecular weight excluding hydrogens is 441 g/mol. The zero-order chi connectivity index (χ0) is 23.6. The van der Waals surface area contributed by atoms with E-state index in [4.69, 9.17) is 0 Å². The summed E-state index contributed by atoms with van der Waals surface area (Å²) in [5, 5.41) is 14.2. The minimum Gasteiger partial charge on any atom is -0.506 e. The van der Waals surface area contributed by atoms with Gasteiger partial charge in [0.25, 0.3) is 12.8 Å². The molecule has 1 fully saturated rings. The molecule has 0 aliphatic heterocycles. The number of carbonyl (C=O) groups excluding carboxylic acids is 2. The molecule has 1 N–H and O–H groups in total. The largest absolute Gasteiger partial charge is 0.506 e. The molecule has 0 aromatic carbocycles. The second-order valence-electron chi connectivity index (χ2n) is 7.03.